The third-order valence-corrected chi connectivity index (χ3v) is 7.17. The van der Waals surface area contributed by atoms with Crippen molar-refractivity contribution >= 4 is 13.6 Å². The number of ether oxygens (including phenoxy) is 2. The van der Waals surface area contributed by atoms with Crippen molar-refractivity contribution in [2.75, 3.05) is 12.7 Å². The van der Waals surface area contributed by atoms with Crippen LogP contribution in [0.2, 0.25) is 0 Å². The molecular weight excluding hydrogens is 529 g/mol. The van der Waals surface area contributed by atoms with Gasteiger partial charge < -0.3 is 19.1 Å². The molecule has 0 amide bonds. The molecule has 1 unspecified atom stereocenters. The van der Waals surface area contributed by atoms with Crippen LogP contribution >= 0.6 is 7.60 Å². The molecule has 2 N–H and O–H groups in total. The van der Waals surface area contributed by atoms with Gasteiger partial charge in [-0.15, -0.1) is 6.42 Å². The molecule has 0 spiro atoms. The molecule has 11 nitrogen and oxygen atoms in total. The summed E-state index contributed by atoms with van der Waals surface area (Å²) < 4.78 is 81.7. The molecule has 3 rings (SSSR count). The van der Waals surface area contributed by atoms with E-state index in [1.165, 1.54) is 31.2 Å². The largest absolute Gasteiger partial charge is 0.463 e. The number of nitrogens with one attached hydrogen (secondary N) is 1. The van der Waals surface area contributed by atoms with Gasteiger partial charge >= 0.3 is 19.3 Å². The van der Waals surface area contributed by atoms with E-state index in [-0.39, 0.29) is 16.5 Å². The number of hydrogen-bond donors (Lipinski definition) is 2. The number of halogens is 2. The number of benzene rings is 1. The monoisotopic (exact) mass is 558 g/mol. The molecule has 1 aromatic heterocycles. The van der Waals surface area contributed by atoms with Crippen LogP contribution in [0.25, 0.3) is 0 Å². The standard InChI is InChI=1S/C24H27F2N2O9P/c1-5-24(26)19(29)18(36-22(24)28-11-17(25)20(30)27-23(28)32)12-34-38(33,37-16-9-7-6-8-10-16)13-15(4)21(31)35-14(2)3/h1,6-11,14-15,18-19,22,29H,12-13H2,2-4H3,(H,27,30,32)/t15-,18-,19+,22-,24?,38+/m1/s1/i12D2. The molecule has 14 heteroatoms. The molecule has 6 atom stereocenters. The number of alkyl halides is 1. The van der Waals surface area contributed by atoms with E-state index in [4.69, 9.17) is 27.7 Å². The minimum atomic E-state index is -4.68. The second-order valence-corrected chi connectivity index (χ2v) is 10.7. The normalized spacial score (nSPS) is 26.5. The molecule has 38 heavy (non-hydrogen) atoms. The second kappa shape index (κ2) is 11.6. The van der Waals surface area contributed by atoms with Crippen LogP contribution < -0.4 is 15.8 Å². The van der Waals surface area contributed by atoms with Gasteiger partial charge in [0.2, 0.25) is 11.5 Å². The fourth-order valence-corrected chi connectivity index (χ4v) is 5.17. The number of rotatable bonds is 10. The third-order valence-electron chi connectivity index (χ3n) is 5.30. The Hall–Kier alpha value is -3.30. The number of para-hydroxylation sites is 1. The van der Waals surface area contributed by atoms with E-state index < -0.39 is 79.5 Å². The van der Waals surface area contributed by atoms with Crippen LogP contribution in [0.5, 0.6) is 5.75 Å². The Bertz CT molecular complexity index is 1450. The molecule has 0 bridgehead atoms. The van der Waals surface area contributed by atoms with Gasteiger partial charge in [0.1, 0.15) is 18.0 Å². The molecule has 0 radical (unpaired) electrons. The number of carbonyl (C=O) groups excluding carboxylic acids is 1. The second-order valence-electron chi connectivity index (χ2n) is 8.70. The van der Waals surface area contributed by atoms with Gasteiger partial charge in [-0.2, -0.15) is 4.39 Å². The number of esters is 1. The smallest absolute Gasteiger partial charge is 0.380 e. The van der Waals surface area contributed by atoms with E-state index in [1.807, 2.05) is 0 Å². The van der Waals surface area contributed by atoms with Crippen molar-refractivity contribution in [3.8, 4) is 18.1 Å². The first kappa shape index (κ1) is 26.3. The van der Waals surface area contributed by atoms with Gasteiger partial charge in [0.25, 0.3) is 5.56 Å². The first-order valence-electron chi connectivity index (χ1n) is 12.3. The zero-order valence-electron chi connectivity index (χ0n) is 22.5. The number of aromatic nitrogens is 2. The van der Waals surface area contributed by atoms with Gasteiger partial charge in [-0.05, 0) is 26.0 Å². The van der Waals surface area contributed by atoms with Crippen molar-refractivity contribution in [2.24, 2.45) is 5.92 Å². The lowest BCUT2D eigenvalue weighted by molar-refractivity contribution is -0.151. The number of terminal acetylenes is 1. The highest BCUT2D eigenvalue weighted by Gasteiger charge is 2.58. The SMILES string of the molecule is [2H]C([2H])(O[P@@](=O)(C[C@@H](C)C(=O)OC(C)C)Oc1ccccc1)[C@H]1O[C@@H](n2cc(F)c(=O)[nH]c2=O)C(F)(C#C)[C@H]1O. The van der Waals surface area contributed by atoms with Crippen molar-refractivity contribution in [2.45, 2.75) is 51.0 Å². The highest BCUT2D eigenvalue weighted by atomic mass is 31.2. The molecule has 1 saturated heterocycles. The van der Waals surface area contributed by atoms with Crippen LogP contribution in [0.15, 0.2) is 46.1 Å². The summed E-state index contributed by atoms with van der Waals surface area (Å²) >= 11 is 0. The molecule has 1 aliphatic rings. The van der Waals surface area contributed by atoms with Gasteiger partial charge in [-0.25, -0.2) is 13.8 Å². The zero-order chi connectivity index (χ0) is 30.0. The maximum absolute atomic E-state index is 15.8. The Kier molecular flexibility index (Phi) is 8.04. The predicted molar refractivity (Wildman–Crippen MR) is 130 cm³/mol. The van der Waals surface area contributed by atoms with Crippen LogP contribution in [0.3, 0.4) is 0 Å². The maximum atomic E-state index is 15.8. The summed E-state index contributed by atoms with van der Waals surface area (Å²) in [6.45, 7) is 1.16. The summed E-state index contributed by atoms with van der Waals surface area (Å²) in [6, 6.07) is 7.41. The van der Waals surface area contributed by atoms with Gasteiger partial charge in [-0.1, -0.05) is 31.0 Å². The summed E-state index contributed by atoms with van der Waals surface area (Å²) in [6.07, 6.45) is -2.99. The third kappa shape index (κ3) is 6.39. The molecule has 0 aliphatic carbocycles. The molecule has 0 saturated carbocycles. The van der Waals surface area contributed by atoms with Crippen molar-refractivity contribution in [1.29, 1.82) is 0 Å². The maximum Gasteiger partial charge on any atom is 0.380 e. The lowest BCUT2D eigenvalue weighted by Crippen LogP contribution is -2.45. The number of H-pyrrole nitrogens is 1. The summed E-state index contributed by atoms with van der Waals surface area (Å²) in [4.78, 5) is 37.6. The number of aromatic amines is 1. The minimum absolute atomic E-state index is 0.0319. The number of nitrogens with zero attached hydrogens (tertiary/aromatic N) is 1. The van der Waals surface area contributed by atoms with Gasteiger partial charge in [0.15, 0.2) is 6.23 Å². The summed E-state index contributed by atoms with van der Waals surface area (Å²) in [5.74, 6) is -1.91. The van der Waals surface area contributed by atoms with Crippen LogP contribution in [-0.4, -0.2) is 57.3 Å². The topological polar surface area (TPSA) is 146 Å². The van der Waals surface area contributed by atoms with Crippen molar-refractivity contribution in [3.63, 3.8) is 0 Å². The molecule has 2 aromatic rings. The Morgan fingerprint density at radius 3 is 2.63 bits per heavy atom. The van der Waals surface area contributed by atoms with Crippen molar-refractivity contribution in [3.05, 3.63) is 63.2 Å². The summed E-state index contributed by atoms with van der Waals surface area (Å²) in [5.41, 5.74) is -6.16. The van der Waals surface area contributed by atoms with E-state index >= 15 is 4.39 Å². The van der Waals surface area contributed by atoms with Crippen molar-refractivity contribution in [1.82, 2.24) is 9.55 Å². The number of aliphatic hydroxyl groups excluding tert-OH is 1. The average molecular weight is 558 g/mol. The number of aliphatic hydroxyl groups is 1. The Morgan fingerprint density at radius 2 is 2.03 bits per heavy atom. The van der Waals surface area contributed by atoms with E-state index in [2.05, 4.69) is 0 Å². The molecule has 1 aromatic carbocycles. The van der Waals surface area contributed by atoms with Crippen LogP contribution in [0, 0.1) is 24.1 Å². The first-order chi connectivity index (χ1) is 18.5. The lowest BCUT2D eigenvalue weighted by Gasteiger charge is -2.24. The predicted octanol–water partition coefficient (Wildman–Crippen LogP) is 2.15. The van der Waals surface area contributed by atoms with Crippen LogP contribution in [0.4, 0.5) is 8.78 Å². The van der Waals surface area contributed by atoms with E-state index in [9.17, 15) is 28.4 Å². The lowest BCUT2D eigenvalue weighted by atomic mass is 9.97. The van der Waals surface area contributed by atoms with Gasteiger partial charge in [0.05, 0.1) is 33.7 Å². The van der Waals surface area contributed by atoms with E-state index in [0.29, 0.717) is 0 Å². The Balaban J connectivity index is 1.98. The first-order valence-corrected chi connectivity index (χ1v) is 13.0. The highest BCUT2D eigenvalue weighted by Crippen LogP contribution is 2.51. The summed E-state index contributed by atoms with van der Waals surface area (Å²) in [5, 5.41) is 10.7. The molecule has 2 heterocycles. The fourth-order valence-electron chi connectivity index (χ4n) is 3.46. The Labute approximate surface area is 219 Å². The average Bonchev–Trinajstić information content (AvgIpc) is 3.12. The van der Waals surface area contributed by atoms with Gasteiger partial charge in [-0.3, -0.25) is 23.7 Å². The summed E-state index contributed by atoms with van der Waals surface area (Å²) in [7, 11) is -4.68. The van der Waals surface area contributed by atoms with E-state index in [1.54, 1.807) is 30.8 Å². The molecular formula is C24H27F2N2O9P. The molecule has 1 fully saturated rings. The zero-order valence-corrected chi connectivity index (χ0v) is 21.4. The highest BCUT2D eigenvalue weighted by molar-refractivity contribution is 7.54. The molecule has 1 aliphatic heterocycles. The minimum Gasteiger partial charge on any atom is -0.463 e. The number of hydrogen-bond acceptors (Lipinski definition) is 9. The van der Waals surface area contributed by atoms with Crippen LogP contribution in [-0.2, 0) is 23.4 Å². The van der Waals surface area contributed by atoms with Gasteiger partial charge in [0, 0.05) is 0 Å². The quantitative estimate of drug-likeness (QED) is 0.254. The van der Waals surface area contributed by atoms with Crippen molar-refractivity contribution < 1.29 is 44.5 Å². The number of carbonyl (C=O) groups is 1. The fraction of sp³-hybridized carbons (Fsp3) is 0.458. The molecule has 206 valence electrons. The Morgan fingerprint density at radius 1 is 1.37 bits per heavy atom. The van der Waals surface area contributed by atoms with E-state index in [0.717, 1.165) is 0 Å². The van der Waals surface area contributed by atoms with Crippen LogP contribution in [0.1, 0.15) is 29.7 Å².